The molecule has 19 heteroatoms. The number of rotatable bonds is 81. The van der Waals surface area contributed by atoms with Gasteiger partial charge in [-0.2, -0.15) is 0 Å². The molecule has 588 valence electrons. The van der Waals surface area contributed by atoms with Gasteiger partial charge in [-0.05, 0) is 25.7 Å². The molecule has 0 saturated carbocycles. The molecule has 0 amide bonds. The van der Waals surface area contributed by atoms with Crippen molar-refractivity contribution in [1.82, 2.24) is 0 Å². The molecule has 0 aliphatic rings. The fourth-order valence-electron chi connectivity index (χ4n) is 12.5. The number of phosphoric acid groups is 2. The number of esters is 4. The van der Waals surface area contributed by atoms with Crippen LogP contribution in [-0.2, 0) is 65.4 Å². The highest BCUT2D eigenvalue weighted by Gasteiger charge is 2.30. The van der Waals surface area contributed by atoms with E-state index in [0.29, 0.717) is 25.7 Å². The standard InChI is InChI=1S/C80H156O17P2/c1-5-9-13-17-20-23-26-29-32-35-38-41-44-47-50-53-57-61-65-78(83)91-71-76(97-80(85)67-63-59-55-52-49-46-43-40-37-34-31-28-25-22-19-15-11-7-3)73-95-99(88,89)93-69-74(81)68-92-98(86,87)94-72-75(70-90-77(82)64-60-56-16-12-8-4)96-79(84)66-62-58-54-51-48-45-42-39-36-33-30-27-24-21-18-14-10-6-2/h74-76,81H,5-73H2,1-4H3,(H,86,87)(H,88,89)/t74-,75+,76+/m0/s1. The zero-order valence-corrected chi connectivity index (χ0v) is 66.3. The second-order valence-electron chi connectivity index (χ2n) is 28.8. The number of unbranched alkanes of at least 4 members (excludes halogenated alkanes) is 55. The topological polar surface area (TPSA) is 237 Å². The Bertz CT molecular complexity index is 1880. The maximum atomic E-state index is 13.1. The van der Waals surface area contributed by atoms with Gasteiger partial charge in [-0.25, -0.2) is 9.13 Å². The minimum absolute atomic E-state index is 0.108. The van der Waals surface area contributed by atoms with Crippen LogP contribution in [-0.4, -0.2) is 96.7 Å². The van der Waals surface area contributed by atoms with Crippen LogP contribution in [0.25, 0.3) is 0 Å². The quantitative estimate of drug-likeness (QED) is 0.0222. The highest BCUT2D eigenvalue weighted by atomic mass is 31.2. The molecular formula is C80H156O17P2. The third-order valence-electron chi connectivity index (χ3n) is 18.9. The van der Waals surface area contributed by atoms with Crippen molar-refractivity contribution in [2.45, 2.75) is 451 Å². The molecule has 0 aliphatic carbocycles. The maximum absolute atomic E-state index is 13.1. The summed E-state index contributed by atoms with van der Waals surface area (Å²) in [6, 6.07) is 0. The number of ether oxygens (including phenoxy) is 4. The van der Waals surface area contributed by atoms with Crippen LogP contribution < -0.4 is 0 Å². The van der Waals surface area contributed by atoms with Crippen molar-refractivity contribution < 1.29 is 80.2 Å². The van der Waals surface area contributed by atoms with Gasteiger partial charge in [0.2, 0.25) is 0 Å². The molecule has 99 heavy (non-hydrogen) atoms. The van der Waals surface area contributed by atoms with Gasteiger partial charge in [-0.15, -0.1) is 0 Å². The normalized spacial score (nSPS) is 13.8. The number of aliphatic hydroxyl groups excluding tert-OH is 1. The van der Waals surface area contributed by atoms with Crippen molar-refractivity contribution in [2.75, 3.05) is 39.6 Å². The van der Waals surface area contributed by atoms with E-state index in [9.17, 15) is 43.2 Å². The van der Waals surface area contributed by atoms with Crippen molar-refractivity contribution >= 4 is 39.5 Å². The fourth-order valence-corrected chi connectivity index (χ4v) is 14.0. The highest BCUT2D eigenvalue weighted by molar-refractivity contribution is 7.47. The van der Waals surface area contributed by atoms with E-state index < -0.39 is 97.5 Å². The van der Waals surface area contributed by atoms with E-state index in [1.165, 1.54) is 257 Å². The molecule has 0 aliphatic heterocycles. The fraction of sp³-hybridized carbons (Fsp3) is 0.950. The molecule has 0 fully saturated rings. The van der Waals surface area contributed by atoms with Crippen LogP contribution in [0.3, 0.4) is 0 Å². The smallest absolute Gasteiger partial charge is 0.462 e. The van der Waals surface area contributed by atoms with Crippen LogP contribution >= 0.6 is 15.6 Å². The average molecular weight is 1450 g/mol. The van der Waals surface area contributed by atoms with Crippen LogP contribution in [0.2, 0.25) is 0 Å². The van der Waals surface area contributed by atoms with Gasteiger partial charge in [-0.1, -0.05) is 381 Å². The molecule has 0 saturated heterocycles. The first kappa shape index (κ1) is 97.1. The monoisotopic (exact) mass is 1450 g/mol. The van der Waals surface area contributed by atoms with Crippen molar-refractivity contribution in [3.63, 3.8) is 0 Å². The van der Waals surface area contributed by atoms with Crippen LogP contribution in [0.1, 0.15) is 432 Å². The van der Waals surface area contributed by atoms with E-state index in [1.807, 2.05) is 0 Å². The van der Waals surface area contributed by atoms with Crippen molar-refractivity contribution in [2.24, 2.45) is 0 Å². The van der Waals surface area contributed by atoms with Gasteiger partial charge in [-0.3, -0.25) is 37.3 Å². The Hall–Kier alpha value is -1.94. The number of carbonyl (C=O) groups excluding carboxylic acids is 4. The molecule has 0 rings (SSSR count). The third kappa shape index (κ3) is 74.1. The lowest BCUT2D eigenvalue weighted by Crippen LogP contribution is -2.30. The number of hydrogen-bond acceptors (Lipinski definition) is 15. The largest absolute Gasteiger partial charge is 0.472 e. The Morgan fingerprint density at radius 3 is 0.596 bits per heavy atom. The summed E-state index contributed by atoms with van der Waals surface area (Å²) in [5.41, 5.74) is 0. The van der Waals surface area contributed by atoms with Crippen LogP contribution in [0.15, 0.2) is 0 Å². The van der Waals surface area contributed by atoms with E-state index in [-0.39, 0.29) is 25.7 Å². The number of hydrogen-bond donors (Lipinski definition) is 3. The Morgan fingerprint density at radius 1 is 0.242 bits per heavy atom. The molecule has 3 N–H and O–H groups in total. The van der Waals surface area contributed by atoms with Crippen LogP contribution in [0.5, 0.6) is 0 Å². The summed E-state index contributed by atoms with van der Waals surface area (Å²) in [5.74, 6) is -2.12. The summed E-state index contributed by atoms with van der Waals surface area (Å²) in [6.45, 7) is 4.94. The third-order valence-corrected chi connectivity index (χ3v) is 20.8. The van der Waals surface area contributed by atoms with E-state index in [0.717, 1.165) is 96.3 Å². The second kappa shape index (κ2) is 74.3. The zero-order valence-electron chi connectivity index (χ0n) is 64.5. The van der Waals surface area contributed by atoms with Crippen LogP contribution in [0, 0.1) is 0 Å². The first-order valence-electron chi connectivity index (χ1n) is 41.8. The Kier molecular flexibility index (Phi) is 72.9. The molecular weight excluding hydrogens is 1290 g/mol. The van der Waals surface area contributed by atoms with Gasteiger partial charge in [0, 0.05) is 25.7 Å². The summed E-state index contributed by atoms with van der Waals surface area (Å²) in [4.78, 5) is 72.7. The predicted molar refractivity (Wildman–Crippen MR) is 405 cm³/mol. The van der Waals surface area contributed by atoms with Crippen molar-refractivity contribution in [3.05, 3.63) is 0 Å². The Morgan fingerprint density at radius 2 is 0.404 bits per heavy atom. The molecule has 0 aromatic rings. The lowest BCUT2D eigenvalue weighted by Gasteiger charge is -2.21. The van der Waals surface area contributed by atoms with Gasteiger partial charge in [0.05, 0.1) is 26.4 Å². The molecule has 5 atom stereocenters. The highest BCUT2D eigenvalue weighted by Crippen LogP contribution is 2.45. The summed E-state index contributed by atoms with van der Waals surface area (Å²) in [6.07, 6.45) is 67.1. The van der Waals surface area contributed by atoms with E-state index >= 15 is 0 Å². The minimum atomic E-state index is -4.96. The molecule has 2 unspecified atom stereocenters. The number of phosphoric ester groups is 2. The molecule has 0 radical (unpaired) electrons. The van der Waals surface area contributed by atoms with E-state index in [4.69, 9.17) is 37.0 Å². The lowest BCUT2D eigenvalue weighted by atomic mass is 10.0. The van der Waals surface area contributed by atoms with Crippen molar-refractivity contribution in [1.29, 1.82) is 0 Å². The summed E-state index contributed by atoms with van der Waals surface area (Å²) >= 11 is 0. The number of aliphatic hydroxyl groups is 1. The Labute approximate surface area is 607 Å². The molecule has 0 aromatic heterocycles. The van der Waals surface area contributed by atoms with Crippen LogP contribution in [0.4, 0.5) is 0 Å². The van der Waals surface area contributed by atoms with E-state index in [2.05, 4.69) is 27.7 Å². The van der Waals surface area contributed by atoms with Gasteiger partial charge >= 0.3 is 39.5 Å². The summed E-state index contributed by atoms with van der Waals surface area (Å²) < 4.78 is 68.5. The first-order valence-corrected chi connectivity index (χ1v) is 44.8. The summed E-state index contributed by atoms with van der Waals surface area (Å²) in [7, 11) is -9.91. The summed E-state index contributed by atoms with van der Waals surface area (Å²) in [5, 5.41) is 10.6. The molecule has 17 nitrogen and oxygen atoms in total. The van der Waals surface area contributed by atoms with Crippen molar-refractivity contribution in [3.8, 4) is 0 Å². The van der Waals surface area contributed by atoms with E-state index in [1.54, 1.807) is 0 Å². The minimum Gasteiger partial charge on any atom is -0.462 e. The SMILES string of the molecule is CCCCCCCCCCCCCCCCCCCCC(=O)OC[C@H](COP(=O)(O)OC[C@@H](O)COP(=O)(O)OC[C@@H](COC(=O)CCCCCCC)OC(=O)CCCCCCCCCCCCCCCCCCCC)OC(=O)CCCCCCCCCCCCCCCCCCCC. The zero-order chi connectivity index (χ0) is 72.5. The molecule has 0 spiro atoms. The lowest BCUT2D eigenvalue weighted by molar-refractivity contribution is -0.161. The van der Waals surface area contributed by atoms with Gasteiger partial charge in [0.25, 0.3) is 0 Å². The average Bonchev–Trinajstić information content (AvgIpc) is 0.996. The second-order valence-corrected chi connectivity index (χ2v) is 31.7. The molecule has 0 aromatic carbocycles. The van der Waals surface area contributed by atoms with Gasteiger partial charge < -0.3 is 33.8 Å². The molecule has 0 heterocycles. The van der Waals surface area contributed by atoms with Gasteiger partial charge in [0.1, 0.15) is 19.3 Å². The predicted octanol–water partition coefficient (Wildman–Crippen LogP) is 24.2. The maximum Gasteiger partial charge on any atom is 0.472 e. The first-order chi connectivity index (χ1) is 48.2. The number of carbonyl (C=O) groups is 4. The van der Waals surface area contributed by atoms with Gasteiger partial charge in [0.15, 0.2) is 12.2 Å². The Balaban J connectivity index is 5.11. The molecule has 0 bridgehead atoms.